The first kappa shape index (κ1) is 11.4. The van der Waals surface area contributed by atoms with Crippen LogP contribution in [0.4, 0.5) is 0 Å². The minimum absolute atomic E-state index is 0.454. The highest BCUT2D eigenvalue weighted by molar-refractivity contribution is 7.71. The molecule has 0 saturated heterocycles. The molecule has 0 saturated carbocycles. The quantitative estimate of drug-likeness (QED) is 0.769. The molecule has 1 atom stereocenters. The van der Waals surface area contributed by atoms with Crippen LogP contribution in [-0.2, 0) is 0 Å². The van der Waals surface area contributed by atoms with E-state index in [2.05, 4.69) is 37.7 Å². The molecule has 0 aliphatic rings. The maximum Gasteiger partial charge on any atom is 0.130 e. The summed E-state index contributed by atoms with van der Waals surface area (Å²) in [6, 6.07) is 1.95. The van der Waals surface area contributed by atoms with E-state index in [0.717, 1.165) is 12.2 Å². The Hall–Kier alpha value is -0.700. The summed E-state index contributed by atoms with van der Waals surface area (Å²) in [6.45, 7) is 8.63. The van der Waals surface area contributed by atoms with Crippen LogP contribution in [0.5, 0.6) is 0 Å². The molecule has 14 heavy (non-hydrogen) atoms. The van der Waals surface area contributed by atoms with E-state index in [4.69, 9.17) is 12.2 Å². The average Bonchev–Trinajstić information content (AvgIpc) is 2.15. The Kier molecular flexibility index (Phi) is 3.81. The molecule has 1 aromatic heterocycles. The highest BCUT2D eigenvalue weighted by Gasteiger charge is 2.07. The summed E-state index contributed by atoms with van der Waals surface area (Å²) in [4.78, 5) is 7.70. The van der Waals surface area contributed by atoms with Crippen molar-refractivity contribution < 1.29 is 0 Å². The molecule has 78 valence electrons. The number of rotatable bonds is 3. The molecule has 3 heteroatoms. The number of nitrogens with one attached hydrogen (secondary N) is 1. The second-order valence-electron chi connectivity index (χ2n) is 4.02. The molecule has 0 fully saturated rings. The van der Waals surface area contributed by atoms with Gasteiger partial charge in [-0.1, -0.05) is 39.9 Å². The molecule has 1 unspecified atom stereocenters. The van der Waals surface area contributed by atoms with Gasteiger partial charge in [0.15, 0.2) is 0 Å². The zero-order valence-corrected chi connectivity index (χ0v) is 10.1. The van der Waals surface area contributed by atoms with Crippen LogP contribution < -0.4 is 0 Å². The lowest BCUT2D eigenvalue weighted by atomic mass is 10.1. The summed E-state index contributed by atoms with van der Waals surface area (Å²) in [5, 5.41) is 0. The predicted octanol–water partition coefficient (Wildman–Crippen LogP) is 3.78. The van der Waals surface area contributed by atoms with E-state index in [1.807, 2.05) is 6.07 Å². The minimum atomic E-state index is 0.454. The summed E-state index contributed by atoms with van der Waals surface area (Å²) >= 11 is 5.14. The molecule has 0 bridgehead atoms. The van der Waals surface area contributed by atoms with E-state index in [1.54, 1.807) is 0 Å². The zero-order chi connectivity index (χ0) is 10.7. The number of hydrogen-bond donors (Lipinski definition) is 1. The molecule has 0 aliphatic carbocycles. The van der Waals surface area contributed by atoms with Crippen molar-refractivity contribution in [3.8, 4) is 0 Å². The Balaban J connectivity index is 3.13. The van der Waals surface area contributed by atoms with Gasteiger partial charge in [0, 0.05) is 11.6 Å². The van der Waals surface area contributed by atoms with Crippen LogP contribution in [0.25, 0.3) is 0 Å². The van der Waals surface area contributed by atoms with Gasteiger partial charge in [0.2, 0.25) is 0 Å². The molecule has 0 radical (unpaired) electrons. The Morgan fingerprint density at radius 2 is 2.07 bits per heavy atom. The Morgan fingerprint density at radius 3 is 2.57 bits per heavy atom. The van der Waals surface area contributed by atoms with Gasteiger partial charge in [-0.05, 0) is 18.4 Å². The third-order valence-electron chi connectivity index (χ3n) is 2.48. The molecule has 1 rings (SSSR count). The lowest BCUT2D eigenvalue weighted by Crippen LogP contribution is -2.04. The first-order chi connectivity index (χ1) is 6.54. The molecule has 1 N–H and O–H groups in total. The fourth-order valence-corrected chi connectivity index (χ4v) is 1.46. The maximum absolute atomic E-state index is 5.14. The highest BCUT2D eigenvalue weighted by atomic mass is 32.1. The summed E-state index contributed by atoms with van der Waals surface area (Å²) in [6.07, 6.45) is 1.08. The van der Waals surface area contributed by atoms with Gasteiger partial charge >= 0.3 is 0 Å². The summed E-state index contributed by atoms with van der Waals surface area (Å²) in [5.41, 5.74) is 1.18. The SMILES string of the molecule is CCC(C)c1nc(=S)cc(C(C)C)[nH]1. The third-order valence-corrected chi connectivity index (χ3v) is 2.69. The number of aromatic nitrogens is 2. The fraction of sp³-hybridized carbons (Fsp3) is 0.636. The second-order valence-corrected chi connectivity index (χ2v) is 4.44. The van der Waals surface area contributed by atoms with Gasteiger partial charge in [0.25, 0.3) is 0 Å². The Morgan fingerprint density at radius 1 is 1.43 bits per heavy atom. The summed E-state index contributed by atoms with van der Waals surface area (Å²) in [5.74, 6) is 1.95. The van der Waals surface area contributed by atoms with Gasteiger partial charge in [0.05, 0.1) is 0 Å². The molecule has 0 aromatic carbocycles. The highest BCUT2D eigenvalue weighted by Crippen LogP contribution is 2.17. The van der Waals surface area contributed by atoms with Crippen molar-refractivity contribution >= 4 is 12.2 Å². The molecule has 0 aliphatic heterocycles. The van der Waals surface area contributed by atoms with Gasteiger partial charge in [0.1, 0.15) is 10.5 Å². The summed E-state index contributed by atoms with van der Waals surface area (Å²) in [7, 11) is 0. The fourth-order valence-electron chi connectivity index (χ4n) is 1.23. The molecule has 1 heterocycles. The Bertz CT molecular complexity index is 355. The van der Waals surface area contributed by atoms with Crippen molar-refractivity contribution in [2.24, 2.45) is 0 Å². The second kappa shape index (κ2) is 4.69. The van der Waals surface area contributed by atoms with Crippen molar-refractivity contribution in [1.29, 1.82) is 0 Å². The van der Waals surface area contributed by atoms with Gasteiger partial charge in [-0.3, -0.25) is 0 Å². The minimum Gasteiger partial charge on any atom is -0.347 e. The van der Waals surface area contributed by atoms with Crippen molar-refractivity contribution in [1.82, 2.24) is 9.97 Å². The molecule has 2 nitrogen and oxygen atoms in total. The smallest absolute Gasteiger partial charge is 0.130 e. The molecule has 1 aromatic rings. The van der Waals surface area contributed by atoms with Gasteiger partial charge < -0.3 is 4.98 Å². The molecule has 0 amide bonds. The Labute approximate surface area is 90.8 Å². The van der Waals surface area contributed by atoms with E-state index in [0.29, 0.717) is 16.5 Å². The van der Waals surface area contributed by atoms with Crippen LogP contribution in [0.3, 0.4) is 0 Å². The van der Waals surface area contributed by atoms with Crippen LogP contribution in [0.2, 0.25) is 0 Å². The summed E-state index contributed by atoms with van der Waals surface area (Å²) < 4.78 is 0.697. The zero-order valence-electron chi connectivity index (χ0n) is 9.29. The van der Waals surface area contributed by atoms with E-state index in [1.165, 1.54) is 5.69 Å². The lowest BCUT2D eigenvalue weighted by Gasteiger charge is -2.12. The van der Waals surface area contributed by atoms with E-state index in [-0.39, 0.29) is 0 Å². The normalized spacial score (nSPS) is 13.2. The first-order valence-electron chi connectivity index (χ1n) is 5.15. The number of nitrogens with zero attached hydrogens (tertiary/aromatic N) is 1. The van der Waals surface area contributed by atoms with Gasteiger partial charge in [-0.25, -0.2) is 4.98 Å². The number of hydrogen-bond acceptors (Lipinski definition) is 2. The standard InChI is InChI=1S/C11H18N2S/c1-5-8(4)11-12-9(7(2)3)6-10(14)13-11/h6-8H,5H2,1-4H3,(H,12,13,14). The van der Waals surface area contributed by atoms with Crippen LogP contribution in [0.1, 0.15) is 57.5 Å². The largest absolute Gasteiger partial charge is 0.347 e. The average molecular weight is 210 g/mol. The number of H-pyrrole nitrogens is 1. The van der Waals surface area contributed by atoms with E-state index < -0.39 is 0 Å². The van der Waals surface area contributed by atoms with Crippen molar-refractivity contribution in [2.75, 3.05) is 0 Å². The first-order valence-corrected chi connectivity index (χ1v) is 5.56. The molecular weight excluding hydrogens is 192 g/mol. The molecular formula is C11H18N2S. The molecule has 0 spiro atoms. The topological polar surface area (TPSA) is 28.7 Å². The van der Waals surface area contributed by atoms with Crippen LogP contribution >= 0.6 is 12.2 Å². The monoisotopic (exact) mass is 210 g/mol. The van der Waals surface area contributed by atoms with Crippen molar-refractivity contribution in [3.05, 3.63) is 22.2 Å². The lowest BCUT2D eigenvalue weighted by molar-refractivity contribution is 0.660. The van der Waals surface area contributed by atoms with Crippen LogP contribution in [0.15, 0.2) is 6.07 Å². The van der Waals surface area contributed by atoms with E-state index in [9.17, 15) is 0 Å². The third kappa shape index (κ3) is 2.64. The van der Waals surface area contributed by atoms with Crippen molar-refractivity contribution in [3.63, 3.8) is 0 Å². The van der Waals surface area contributed by atoms with E-state index >= 15 is 0 Å². The van der Waals surface area contributed by atoms with Crippen molar-refractivity contribution in [2.45, 2.75) is 46.0 Å². The maximum atomic E-state index is 5.14. The predicted molar refractivity (Wildman–Crippen MR) is 62.2 cm³/mol. The van der Waals surface area contributed by atoms with Crippen LogP contribution in [0, 0.1) is 4.64 Å². The van der Waals surface area contributed by atoms with Gasteiger partial charge in [-0.15, -0.1) is 0 Å². The van der Waals surface area contributed by atoms with Gasteiger partial charge in [-0.2, -0.15) is 0 Å². The number of aromatic amines is 1. The van der Waals surface area contributed by atoms with Crippen LogP contribution in [-0.4, -0.2) is 9.97 Å².